The van der Waals surface area contributed by atoms with Gasteiger partial charge in [0.15, 0.2) is 23.3 Å². The number of aromatic hydroxyl groups is 1. The van der Waals surface area contributed by atoms with Crippen molar-refractivity contribution in [3.63, 3.8) is 0 Å². The molecule has 476 valence electrons. The second-order valence-corrected chi connectivity index (χ2v) is 22.6. The van der Waals surface area contributed by atoms with E-state index in [2.05, 4.69) is 47.2 Å². The predicted octanol–water partition coefficient (Wildman–Crippen LogP) is -0.688. The van der Waals surface area contributed by atoms with Gasteiger partial charge in [0.25, 0.3) is 0 Å². The predicted molar refractivity (Wildman–Crippen MR) is 324 cm³/mol. The maximum atomic E-state index is 14.3. The van der Waals surface area contributed by atoms with Crippen LogP contribution < -0.4 is 54.4 Å². The lowest BCUT2D eigenvalue weighted by Crippen LogP contribution is -2.56. The number of urea groups is 1. The first-order chi connectivity index (χ1) is 41.7. The second kappa shape index (κ2) is 33.6. The van der Waals surface area contributed by atoms with Crippen LogP contribution in [0.15, 0.2) is 90.1 Å². The Balaban J connectivity index is 1.28. The van der Waals surface area contributed by atoms with E-state index in [1.807, 2.05) is 38.1 Å². The molecular formula is C61H83N13O14. The first kappa shape index (κ1) is 69.5. The number of phenolic OH excluding ortho intramolecular Hbond substituents is 1. The Bertz CT molecular complexity index is 3130. The third-order valence-electron chi connectivity index (χ3n) is 15.0. The average molecular weight is 1220 g/mol. The number of H-pyrrole nitrogens is 1. The third-order valence-corrected chi connectivity index (χ3v) is 15.0. The molecule has 0 bridgehead atoms. The minimum atomic E-state index is -1.71. The van der Waals surface area contributed by atoms with Crippen molar-refractivity contribution in [2.75, 3.05) is 26.7 Å². The molecule has 0 saturated carbocycles. The highest BCUT2D eigenvalue weighted by Crippen LogP contribution is 2.24. The van der Waals surface area contributed by atoms with Gasteiger partial charge in [-0.25, -0.2) is 4.79 Å². The Kier molecular flexibility index (Phi) is 26.6. The van der Waals surface area contributed by atoms with Crippen LogP contribution >= 0.6 is 0 Å². The van der Waals surface area contributed by atoms with Crippen LogP contribution in [0, 0.1) is 17.8 Å². The monoisotopic (exact) mass is 1220 g/mol. The summed E-state index contributed by atoms with van der Waals surface area (Å²) in [4.78, 5) is 158. The van der Waals surface area contributed by atoms with Gasteiger partial charge in [0.2, 0.25) is 41.4 Å². The van der Waals surface area contributed by atoms with Crippen molar-refractivity contribution in [2.45, 2.75) is 140 Å². The number of aliphatic hydroxyl groups is 2. The zero-order chi connectivity index (χ0) is 64.8. The van der Waals surface area contributed by atoms with Gasteiger partial charge < -0.3 is 79.6 Å². The molecule has 1 saturated heterocycles. The quantitative estimate of drug-likeness (QED) is 0.0156. The summed E-state index contributed by atoms with van der Waals surface area (Å²) in [5.74, 6) is -10.7. The van der Waals surface area contributed by atoms with Gasteiger partial charge >= 0.3 is 6.03 Å². The number of aliphatic imine (C=N–C) groups is 1. The number of hydrogen-bond acceptors (Lipinski definition) is 15. The summed E-state index contributed by atoms with van der Waals surface area (Å²) in [5.41, 5.74) is 19.8. The van der Waals surface area contributed by atoms with Crippen molar-refractivity contribution in [1.82, 2.24) is 47.1 Å². The normalized spacial score (nSPS) is 16.8. The number of aromatic amines is 1. The maximum absolute atomic E-state index is 14.3. The van der Waals surface area contributed by atoms with Crippen LogP contribution in [0.4, 0.5) is 4.79 Å². The number of primary amides is 2. The number of nitrogens with zero attached hydrogens (tertiary/aromatic N) is 2. The number of fused-ring (bicyclic) bond motifs is 1. The van der Waals surface area contributed by atoms with Crippen molar-refractivity contribution >= 4 is 81.6 Å². The molecule has 88 heavy (non-hydrogen) atoms. The van der Waals surface area contributed by atoms with E-state index in [4.69, 9.17) is 17.2 Å². The average Bonchev–Trinajstić information content (AvgIpc) is 2.76. The summed E-state index contributed by atoms with van der Waals surface area (Å²) in [5, 5.41) is 50.6. The van der Waals surface area contributed by atoms with Crippen LogP contribution in [0.5, 0.6) is 5.75 Å². The molecule has 3 aromatic carbocycles. The molecule has 10 atom stereocenters. The van der Waals surface area contributed by atoms with Crippen LogP contribution in [-0.2, 0) is 67.2 Å². The van der Waals surface area contributed by atoms with Gasteiger partial charge in [-0.1, -0.05) is 74.5 Å². The smallest absolute Gasteiger partial charge is 0.315 e. The fourth-order valence-corrected chi connectivity index (χ4v) is 10.4. The lowest BCUT2D eigenvalue weighted by atomic mass is 9.90. The molecule has 0 radical (unpaired) electrons. The molecule has 17 N–H and O–H groups in total. The number of ketones is 3. The Morgan fingerprint density at radius 2 is 1.33 bits per heavy atom. The molecule has 1 aliphatic rings. The SMILES string of the molecule is CN=C(N)NCCC[C@H](CC(=O)[C@H](CC(C)C)NC(=O)NCC(=O)[C@@H](Cc1ccccc1)NC(=O)[C@@H](CC(=O)[C@H](CC(N)=O)NC(=O)[C@@H]1C[C@@H](O)CN1C(=O)[C@@H](Cc1ccc(O)cc1)NC(C)=O)[C@@H](C)O)C(=O)N[C@@H](Cc1c[nH]c2ccccc12)C(N)=O. The van der Waals surface area contributed by atoms with E-state index in [1.54, 1.807) is 36.5 Å². The summed E-state index contributed by atoms with van der Waals surface area (Å²) in [6.07, 6.45) is -2.90. The van der Waals surface area contributed by atoms with E-state index in [-0.39, 0.29) is 75.7 Å². The number of carbonyl (C=O) groups excluding carboxylic acids is 11. The Labute approximate surface area is 509 Å². The molecule has 2 heterocycles. The number of β-amino-alcohol motifs (C(OH)–C–C–N with tert-alkyl or cyclic N) is 1. The summed E-state index contributed by atoms with van der Waals surface area (Å²) in [6, 6.07) is 12.7. The zero-order valence-electron chi connectivity index (χ0n) is 50.1. The second-order valence-electron chi connectivity index (χ2n) is 22.6. The van der Waals surface area contributed by atoms with Crippen LogP contribution in [0.2, 0.25) is 0 Å². The molecule has 4 aromatic rings. The first-order valence-corrected chi connectivity index (χ1v) is 29.1. The molecule has 5 rings (SSSR count). The maximum Gasteiger partial charge on any atom is 0.315 e. The van der Waals surface area contributed by atoms with E-state index in [0.29, 0.717) is 17.5 Å². The van der Waals surface area contributed by atoms with Crippen LogP contribution in [0.1, 0.15) is 89.3 Å². The number of aromatic nitrogens is 1. The number of guanidine groups is 1. The Morgan fingerprint density at radius 1 is 0.693 bits per heavy atom. The molecule has 0 aliphatic carbocycles. The third kappa shape index (κ3) is 21.6. The van der Waals surface area contributed by atoms with Gasteiger partial charge in [-0.05, 0) is 73.4 Å². The molecule has 27 heteroatoms. The number of para-hydroxylation sites is 1. The lowest BCUT2D eigenvalue weighted by Gasteiger charge is -2.30. The largest absolute Gasteiger partial charge is 0.508 e. The van der Waals surface area contributed by atoms with Gasteiger partial charge in [0, 0.05) is 82.2 Å². The van der Waals surface area contributed by atoms with Crippen molar-refractivity contribution in [1.29, 1.82) is 0 Å². The van der Waals surface area contributed by atoms with E-state index < -0.39 is 144 Å². The fourth-order valence-electron chi connectivity index (χ4n) is 10.4. The molecule has 0 spiro atoms. The van der Waals surface area contributed by atoms with Crippen molar-refractivity contribution < 1.29 is 68.1 Å². The van der Waals surface area contributed by atoms with E-state index >= 15 is 0 Å². The number of hydrogen-bond donors (Lipinski definition) is 14. The molecule has 0 unspecified atom stereocenters. The summed E-state index contributed by atoms with van der Waals surface area (Å²) in [6.45, 7) is 5.26. The number of phenols is 1. The van der Waals surface area contributed by atoms with Crippen LogP contribution in [0.3, 0.4) is 0 Å². The van der Waals surface area contributed by atoms with Gasteiger partial charge in [-0.3, -0.25) is 52.9 Å². The van der Waals surface area contributed by atoms with Crippen molar-refractivity contribution in [3.05, 3.63) is 102 Å². The number of amides is 9. The summed E-state index contributed by atoms with van der Waals surface area (Å²) in [7, 11) is 1.50. The number of nitrogens with one attached hydrogen (secondary N) is 8. The number of likely N-dealkylation sites (tertiary alicyclic amines) is 1. The molecule has 27 nitrogen and oxygen atoms in total. The molecule has 9 amide bonds. The van der Waals surface area contributed by atoms with E-state index in [0.717, 1.165) is 21.4 Å². The van der Waals surface area contributed by atoms with E-state index in [9.17, 15) is 68.1 Å². The van der Waals surface area contributed by atoms with Gasteiger partial charge in [0.05, 0.1) is 49.2 Å². The van der Waals surface area contributed by atoms with Gasteiger partial charge in [0.1, 0.15) is 23.9 Å². The van der Waals surface area contributed by atoms with Crippen molar-refractivity contribution in [3.8, 4) is 5.75 Å². The first-order valence-electron chi connectivity index (χ1n) is 29.1. The minimum Gasteiger partial charge on any atom is -0.508 e. The number of carbonyl (C=O) groups is 11. The number of rotatable bonds is 34. The van der Waals surface area contributed by atoms with Crippen molar-refractivity contribution in [2.24, 2.45) is 39.9 Å². The fraction of sp³-hybridized carbons (Fsp3) is 0.475. The minimum absolute atomic E-state index is 0.0400. The Morgan fingerprint density at radius 3 is 1.97 bits per heavy atom. The highest BCUT2D eigenvalue weighted by molar-refractivity contribution is 6.00. The number of aliphatic hydroxyl groups excluding tert-OH is 2. The molecule has 1 aromatic heterocycles. The molecular weight excluding hydrogens is 1140 g/mol. The standard InChI is InChI=1S/C61H83N13O14/c1-33(2)22-45(51(79)26-38(14-11-21-66-60(64)65-5)56(84)72-48(55(63)83)25-39-30-67-44-16-10-9-15-42(39)44)73-61(88)68-31-53(81)46(23-36-12-7-6-8-13-36)70-57(85)43(34(3)75)28-52(80)47(29-54(62)82)71-58(86)50-27-41(78)32-74(50)59(87)49(69-35(4)76)24-37-17-19-40(77)20-18-37/h6-10,12-13,15-20,30,33-34,38,41,43,45-50,67,75,77-78H,11,14,21-29,31-32H2,1-5H3,(H2,62,82)(H2,63,83)(H,69,76)(H,70,85)(H,71,86)(H,72,84)(H3,64,65,66)(H2,68,73,88)/t34-,38-,41-,43+,45+,46-,47+,48+,49-,50+/m1/s1. The summed E-state index contributed by atoms with van der Waals surface area (Å²) < 4.78 is 0. The van der Waals surface area contributed by atoms with Crippen LogP contribution in [0.25, 0.3) is 10.9 Å². The zero-order valence-corrected chi connectivity index (χ0v) is 50.1. The Hall–Kier alpha value is -9.24. The topological polar surface area (TPSA) is 442 Å². The lowest BCUT2D eigenvalue weighted by molar-refractivity contribution is -0.142. The molecule has 1 fully saturated rings. The van der Waals surface area contributed by atoms with E-state index in [1.165, 1.54) is 45.2 Å². The number of benzene rings is 3. The molecule has 1 aliphatic heterocycles. The summed E-state index contributed by atoms with van der Waals surface area (Å²) >= 11 is 0. The highest BCUT2D eigenvalue weighted by Gasteiger charge is 2.43. The number of Topliss-reactive ketones (excluding diaryl/α,β-unsaturated/α-hetero) is 3. The van der Waals surface area contributed by atoms with Gasteiger partial charge in [-0.15, -0.1) is 0 Å². The highest BCUT2D eigenvalue weighted by atomic mass is 16.3. The number of nitrogens with two attached hydrogens (primary N) is 3. The van der Waals surface area contributed by atoms with Crippen LogP contribution in [-0.4, -0.2) is 171 Å². The van der Waals surface area contributed by atoms with Gasteiger partial charge in [-0.2, -0.15) is 0 Å².